The van der Waals surface area contributed by atoms with Gasteiger partial charge in [-0.2, -0.15) is 0 Å². The van der Waals surface area contributed by atoms with Crippen LogP contribution in [-0.4, -0.2) is 39.5 Å². The topological polar surface area (TPSA) is 53.5 Å². The maximum atomic E-state index is 5.97. The van der Waals surface area contributed by atoms with Crippen LogP contribution in [0.25, 0.3) is 11.1 Å². The minimum Gasteiger partial charge on any atom is -1.00 e. The summed E-state index contributed by atoms with van der Waals surface area (Å²) in [5.74, 6) is 3.13. The van der Waals surface area contributed by atoms with Crippen LogP contribution >= 0.6 is 0 Å². The Morgan fingerprint density at radius 3 is 2.47 bits per heavy atom. The number of methoxy groups -OCH3 is 1. The highest BCUT2D eigenvalue weighted by molar-refractivity contribution is 5.67. The SMILES string of the molecule is COc1cc(-c2ccccc2)ccc1OCC[NH2+]C[C@H]1COc2ccccc2O1.[Cl-]. The van der Waals surface area contributed by atoms with Crippen molar-refractivity contribution in [2.45, 2.75) is 6.10 Å². The van der Waals surface area contributed by atoms with E-state index in [9.17, 15) is 0 Å². The Morgan fingerprint density at radius 2 is 1.67 bits per heavy atom. The molecule has 1 atom stereocenters. The Balaban J connectivity index is 0.00000256. The molecule has 0 unspecified atom stereocenters. The molecule has 0 saturated carbocycles. The van der Waals surface area contributed by atoms with Crippen molar-refractivity contribution in [2.75, 3.05) is 33.4 Å². The van der Waals surface area contributed by atoms with E-state index in [4.69, 9.17) is 18.9 Å². The van der Waals surface area contributed by atoms with Crippen molar-refractivity contribution < 1.29 is 36.7 Å². The van der Waals surface area contributed by atoms with Crippen LogP contribution in [0.3, 0.4) is 0 Å². The third-order valence-corrected chi connectivity index (χ3v) is 4.85. The highest BCUT2D eigenvalue weighted by atomic mass is 35.5. The molecule has 2 N–H and O–H groups in total. The lowest BCUT2D eigenvalue weighted by atomic mass is 10.1. The van der Waals surface area contributed by atoms with Gasteiger partial charge in [-0.3, -0.25) is 0 Å². The number of fused-ring (bicyclic) bond motifs is 1. The Morgan fingerprint density at radius 1 is 0.900 bits per heavy atom. The molecular weight excluding hydrogens is 402 g/mol. The quantitative estimate of drug-likeness (QED) is 0.520. The number of para-hydroxylation sites is 2. The molecule has 0 fully saturated rings. The summed E-state index contributed by atoms with van der Waals surface area (Å²) in [5.41, 5.74) is 2.26. The highest BCUT2D eigenvalue weighted by Crippen LogP contribution is 2.32. The normalized spacial score (nSPS) is 14.5. The van der Waals surface area contributed by atoms with Gasteiger partial charge in [0.15, 0.2) is 29.1 Å². The van der Waals surface area contributed by atoms with E-state index < -0.39 is 0 Å². The molecule has 3 aromatic rings. The molecule has 1 heterocycles. The summed E-state index contributed by atoms with van der Waals surface area (Å²) in [6, 6.07) is 24.1. The van der Waals surface area contributed by atoms with Crippen LogP contribution in [0.1, 0.15) is 0 Å². The van der Waals surface area contributed by atoms with Crippen molar-refractivity contribution in [1.82, 2.24) is 0 Å². The van der Waals surface area contributed by atoms with Crippen LogP contribution in [0.5, 0.6) is 23.0 Å². The van der Waals surface area contributed by atoms with Gasteiger partial charge in [0.2, 0.25) is 0 Å². The number of hydrogen-bond acceptors (Lipinski definition) is 4. The van der Waals surface area contributed by atoms with E-state index in [-0.39, 0.29) is 18.5 Å². The van der Waals surface area contributed by atoms with Gasteiger partial charge in [0.1, 0.15) is 26.3 Å². The molecule has 0 spiro atoms. The number of ether oxygens (including phenoxy) is 4. The van der Waals surface area contributed by atoms with Crippen LogP contribution in [0.2, 0.25) is 0 Å². The maximum absolute atomic E-state index is 5.97. The zero-order valence-electron chi connectivity index (χ0n) is 16.9. The average Bonchev–Trinajstić information content (AvgIpc) is 2.79. The molecule has 0 aromatic heterocycles. The summed E-state index contributed by atoms with van der Waals surface area (Å²) in [6.07, 6.45) is 0.0459. The zero-order chi connectivity index (χ0) is 19.9. The van der Waals surface area contributed by atoms with Crippen molar-refractivity contribution in [2.24, 2.45) is 0 Å². The minimum absolute atomic E-state index is 0. The number of rotatable bonds is 8. The molecule has 5 nitrogen and oxygen atoms in total. The van der Waals surface area contributed by atoms with Crippen LogP contribution in [0.15, 0.2) is 72.8 Å². The first-order valence-corrected chi connectivity index (χ1v) is 9.90. The molecule has 0 radical (unpaired) electrons. The van der Waals surface area contributed by atoms with Gasteiger partial charge >= 0.3 is 0 Å². The van der Waals surface area contributed by atoms with Crippen molar-refractivity contribution in [3.05, 3.63) is 72.8 Å². The molecule has 4 rings (SSSR count). The van der Waals surface area contributed by atoms with E-state index in [1.165, 1.54) is 0 Å². The van der Waals surface area contributed by atoms with Crippen molar-refractivity contribution in [3.8, 4) is 34.1 Å². The molecule has 6 heteroatoms. The number of benzene rings is 3. The second-order valence-corrected chi connectivity index (χ2v) is 6.89. The van der Waals surface area contributed by atoms with Gasteiger partial charge in [0, 0.05) is 0 Å². The fourth-order valence-corrected chi connectivity index (χ4v) is 3.33. The van der Waals surface area contributed by atoms with E-state index >= 15 is 0 Å². The van der Waals surface area contributed by atoms with E-state index in [0.717, 1.165) is 47.2 Å². The zero-order valence-corrected chi connectivity index (χ0v) is 17.7. The average molecular weight is 428 g/mol. The molecule has 0 bridgehead atoms. The summed E-state index contributed by atoms with van der Waals surface area (Å²) in [4.78, 5) is 0. The summed E-state index contributed by atoms with van der Waals surface area (Å²) in [7, 11) is 1.67. The molecule has 0 saturated heterocycles. The molecule has 1 aliphatic heterocycles. The number of nitrogens with two attached hydrogens (primary N) is 1. The molecule has 0 aliphatic carbocycles. The number of quaternary nitrogens is 1. The lowest BCUT2D eigenvalue weighted by molar-refractivity contribution is -0.661. The van der Waals surface area contributed by atoms with Crippen LogP contribution in [0, 0.1) is 0 Å². The van der Waals surface area contributed by atoms with Crippen LogP contribution < -0.4 is 36.7 Å². The monoisotopic (exact) mass is 427 g/mol. The van der Waals surface area contributed by atoms with E-state index in [1.54, 1.807) is 7.11 Å². The molecule has 0 amide bonds. The highest BCUT2D eigenvalue weighted by Gasteiger charge is 2.21. The largest absolute Gasteiger partial charge is 1.00 e. The van der Waals surface area contributed by atoms with Crippen LogP contribution in [0.4, 0.5) is 0 Å². The van der Waals surface area contributed by atoms with Gasteiger partial charge in [0.25, 0.3) is 0 Å². The number of halogens is 1. The van der Waals surface area contributed by atoms with Gasteiger partial charge < -0.3 is 36.7 Å². The number of hydrogen-bond donors (Lipinski definition) is 1. The molecule has 158 valence electrons. The Kier molecular flexibility index (Phi) is 7.82. The smallest absolute Gasteiger partial charge is 0.181 e. The van der Waals surface area contributed by atoms with Gasteiger partial charge in [-0.05, 0) is 35.4 Å². The Hall–Kier alpha value is -2.89. The first kappa shape index (κ1) is 21.8. The second-order valence-electron chi connectivity index (χ2n) is 6.89. The molecular formula is C24H26ClNO4. The summed E-state index contributed by atoms with van der Waals surface area (Å²) in [5, 5.41) is 2.19. The Bertz CT molecular complexity index is 935. The van der Waals surface area contributed by atoms with Gasteiger partial charge in [-0.25, -0.2) is 0 Å². The van der Waals surface area contributed by atoms with Crippen LogP contribution in [-0.2, 0) is 0 Å². The third-order valence-electron chi connectivity index (χ3n) is 4.85. The third kappa shape index (κ3) is 5.38. The maximum Gasteiger partial charge on any atom is 0.181 e. The lowest BCUT2D eigenvalue weighted by Crippen LogP contribution is -3.00. The van der Waals surface area contributed by atoms with Crippen molar-refractivity contribution in [3.63, 3.8) is 0 Å². The van der Waals surface area contributed by atoms with E-state index in [1.807, 2.05) is 54.6 Å². The summed E-state index contributed by atoms with van der Waals surface area (Å²) in [6.45, 7) is 2.81. The standard InChI is InChI=1S/C24H25NO4.ClH/c1-26-24-15-19(18-7-3-2-4-8-18)11-12-22(24)27-14-13-25-16-20-17-28-21-9-5-6-10-23(21)29-20;/h2-12,15,20,25H,13-14,16-17H2,1H3;1H/t20-;/m0./s1. The predicted octanol–water partition coefficient (Wildman–Crippen LogP) is 0.148. The first-order chi connectivity index (χ1) is 14.3. The van der Waals surface area contributed by atoms with Gasteiger partial charge in [-0.15, -0.1) is 0 Å². The molecule has 3 aromatic carbocycles. The van der Waals surface area contributed by atoms with E-state index in [0.29, 0.717) is 13.2 Å². The van der Waals surface area contributed by atoms with Crippen molar-refractivity contribution in [1.29, 1.82) is 0 Å². The first-order valence-electron chi connectivity index (χ1n) is 9.90. The van der Waals surface area contributed by atoms with E-state index in [2.05, 4.69) is 23.5 Å². The molecule has 1 aliphatic rings. The second kappa shape index (κ2) is 10.8. The minimum atomic E-state index is 0. The summed E-state index contributed by atoms with van der Waals surface area (Å²) >= 11 is 0. The Labute approximate surface area is 183 Å². The lowest BCUT2D eigenvalue weighted by Gasteiger charge is -2.25. The molecule has 30 heavy (non-hydrogen) atoms. The van der Waals surface area contributed by atoms with Crippen molar-refractivity contribution >= 4 is 0 Å². The fraction of sp³-hybridized carbons (Fsp3) is 0.250. The van der Waals surface area contributed by atoms with Gasteiger partial charge in [-0.1, -0.05) is 48.5 Å². The fourth-order valence-electron chi connectivity index (χ4n) is 3.33. The predicted molar refractivity (Wildman–Crippen MR) is 112 cm³/mol. The van der Waals surface area contributed by atoms with Gasteiger partial charge in [0.05, 0.1) is 7.11 Å². The summed E-state index contributed by atoms with van der Waals surface area (Å²) < 4.78 is 23.2.